The highest BCUT2D eigenvalue weighted by Gasteiger charge is 2.30. The molecule has 0 spiro atoms. The van der Waals surface area contributed by atoms with E-state index in [4.69, 9.17) is 0 Å². The lowest BCUT2D eigenvalue weighted by Gasteiger charge is -2.39. The van der Waals surface area contributed by atoms with Crippen LogP contribution >= 0.6 is 0 Å². The summed E-state index contributed by atoms with van der Waals surface area (Å²) in [5.41, 5.74) is 2.52. The van der Waals surface area contributed by atoms with Crippen molar-refractivity contribution in [2.24, 2.45) is 0 Å². The number of carbonyl (C=O) groups is 2. The lowest BCUT2D eigenvalue weighted by atomic mass is 9.98. The number of amides is 2. The van der Waals surface area contributed by atoms with Gasteiger partial charge in [0.25, 0.3) is 0 Å². The molecule has 0 aliphatic carbocycles. The second-order valence-corrected chi connectivity index (χ2v) is 9.19. The van der Waals surface area contributed by atoms with E-state index in [9.17, 15) is 14.0 Å². The van der Waals surface area contributed by atoms with Gasteiger partial charge in [-0.15, -0.1) is 0 Å². The summed E-state index contributed by atoms with van der Waals surface area (Å²) in [6.07, 6.45) is 0. The van der Waals surface area contributed by atoms with Gasteiger partial charge < -0.3 is 10.6 Å². The van der Waals surface area contributed by atoms with Crippen molar-refractivity contribution in [3.63, 3.8) is 0 Å². The van der Waals surface area contributed by atoms with Gasteiger partial charge in [0.1, 0.15) is 5.82 Å². The van der Waals surface area contributed by atoms with Crippen LogP contribution in [0.1, 0.15) is 31.0 Å². The Bertz CT molecular complexity index is 1110. The Morgan fingerprint density at radius 2 is 1.22 bits per heavy atom. The van der Waals surface area contributed by atoms with Gasteiger partial charge in [0.2, 0.25) is 11.8 Å². The van der Waals surface area contributed by atoms with Crippen LogP contribution in [0.2, 0.25) is 0 Å². The van der Waals surface area contributed by atoms with Crippen LogP contribution in [0.25, 0.3) is 0 Å². The number of hydrogen-bond donors (Lipinski definition) is 2. The highest BCUT2D eigenvalue weighted by atomic mass is 19.1. The molecule has 1 aliphatic heterocycles. The third-order valence-electron chi connectivity index (χ3n) is 6.85. The van der Waals surface area contributed by atoms with Gasteiger partial charge in [0, 0.05) is 31.9 Å². The van der Waals surface area contributed by atoms with Gasteiger partial charge in [-0.05, 0) is 43.2 Å². The zero-order chi connectivity index (χ0) is 25.5. The molecule has 2 amide bonds. The predicted octanol–water partition coefficient (Wildman–Crippen LogP) is 4.06. The molecule has 1 saturated heterocycles. The number of rotatable bonds is 8. The second kappa shape index (κ2) is 11.9. The zero-order valence-corrected chi connectivity index (χ0v) is 20.7. The molecular weight excluding hydrogens is 455 g/mol. The van der Waals surface area contributed by atoms with Crippen molar-refractivity contribution in [1.29, 1.82) is 0 Å². The van der Waals surface area contributed by atoms with Crippen molar-refractivity contribution < 1.29 is 14.0 Å². The molecule has 2 atom stereocenters. The Morgan fingerprint density at radius 1 is 0.722 bits per heavy atom. The summed E-state index contributed by atoms with van der Waals surface area (Å²) >= 11 is 0. The number of halogens is 1. The normalized spacial score (nSPS) is 16.3. The van der Waals surface area contributed by atoms with Crippen molar-refractivity contribution >= 4 is 17.5 Å². The molecule has 2 unspecified atom stereocenters. The first-order chi connectivity index (χ1) is 17.4. The molecule has 3 aromatic carbocycles. The van der Waals surface area contributed by atoms with E-state index >= 15 is 0 Å². The molecule has 1 heterocycles. The van der Waals surface area contributed by atoms with Crippen LogP contribution in [-0.2, 0) is 9.59 Å². The lowest BCUT2D eigenvalue weighted by Crippen LogP contribution is -2.57. The minimum absolute atomic E-state index is 0.0296. The maximum atomic E-state index is 13.4. The molecule has 188 valence electrons. The molecule has 2 N–H and O–H groups in total. The Hall–Kier alpha value is -3.55. The van der Waals surface area contributed by atoms with Crippen molar-refractivity contribution in [3.8, 4) is 0 Å². The van der Waals surface area contributed by atoms with E-state index in [0.717, 1.165) is 11.1 Å². The van der Waals surface area contributed by atoms with Crippen molar-refractivity contribution in [2.45, 2.75) is 32.0 Å². The van der Waals surface area contributed by atoms with E-state index < -0.39 is 0 Å². The first-order valence-electron chi connectivity index (χ1n) is 12.4. The molecule has 0 radical (unpaired) electrons. The average molecular weight is 489 g/mol. The predicted molar refractivity (Wildman–Crippen MR) is 140 cm³/mol. The Morgan fingerprint density at radius 3 is 1.72 bits per heavy atom. The smallest absolute Gasteiger partial charge is 0.241 e. The highest BCUT2D eigenvalue weighted by Crippen LogP contribution is 2.22. The van der Waals surface area contributed by atoms with Gasteiger partial charge in [-0.1, -0.05) is 66.7 Å². The molecule has 0 bridgehead atoms. The third-order valence-corrected chi connectivity index (χ3v) is 6.85. The molecule has 1 aliphatic rings. The Balaban J connectivity index is 1.33. The Kier molecular flexibility index (Phi) is 8.46. The molecule has 3 aromatic rings. The number of hydrogen-bond acceptors (Lipinski definition) is 4. The summed E-state index contributed by atoms with van der Waals surface area (Å²) in [6.45, 7) is 6.45. The van der Waals surface area contributed by atoms with Gasteiger partial charge >= 0.3 is 0 Å². The summed E-state index contributed by atoms with van der Waals surface area (Å²) in [7, 11) is 0. The van der Waals surface area contributed by atoms with Crippen molar-refractivity contribution in [2.75, 3.05) is 31.5 Å². The highest BCUT2D eigenvalue weighted by molar-refractivity contribution is 5.94. The fraction of sp³-hybridized carbons (Fsp3) is 0.310. The van der Waals surface area contributed by atoms with E-state index in [1.807, 2.05) is 74.5 Å². The fourth-order valence-electron chi connectivity index (χ4n) is 4.57. The van der Waals surface area contributed by atoms with Crippen molar-refractivity contribution in [3.05, 3.63) is 102 Å². The summed E-state index contributed by atoms with van der Waals surface area (Å²) in [4.78, 5) is 30.2. The van der Waals surface area contributed by atoms with Gasteiger partial charge in [0.15, 0.2) is 0 Å². The van der Waals surface area contributed by atoms with E-state index in [1.165, 1.54) is 12.1 Å². The number of anilines is 1. The topological polar surface area (TPSA) is 64.7 Å². The van der Waals surface area contributed by atoms with Crippen molar-refractivity contribution in [1.82, 2.24) is 15.1 Å². The van der Waals surface area contributed by atoms with E-state index in [2.05, 4.69) is 20.4 Å². The molecule has 0 aromatic heterocycles. The summed E-state index contributed by atoms with van der Waals surface area (Å²) < 4.78 is 13.4. The SMILES string of the molecule is CC(C(=O)Nc1cccc(F)c1)N1CCN(C(C)C(=O)NC(c2ccccc2)c2ccccc2)CC1. The summed E-state index contributed by atoms with van der Waals surface area (Å²) in [6, 6.07) is 24.9. The molecule has 4 rings (SSSR count). The average Bonchev–Trinajstić information content (AvgIpc) is 2.92. The number of carbonyl (C=O) groups excluding carboxylic acids is 2. The van der Waals surface area contributed by atoms with Crippen LogP contribution in [0.15, 0.2) is 84.9 Å². The Labute approximate surface area is 212 Å². The molecule has 1 fully saturated rings. The second-order valence-electron chi connectivity index (χ2n) is 9.19. The van der Waals surface area contributed by atoms with Crippen LogP contribution in [0.5, 0.6) is 0 Å². The first kappa shape index (κ1) is 25.5. The molecular formula is C29H33FN4O2. The first-order valence-corrected chi connectivity index (χ1v) is 12.4. The van der Waals surface area contributed by atoms with E-state index in [0.29, 0.717) is 31.9 Å². The number of benzene rings is 3. The lowest BCUT2D eigenvalue weighted by molar-refractivity contribution is -0.128. The number of nitrogens with zero attached hydrogens (tertiary/aromatic N) is 2. The van der Waals surface area contributed by atoms with Gasteiger partial charge in [-0.3, -0.25) is 19.4 Å². The van der Waals surface area contributed by atoms with Crippen LogP contribution in [0, 0.1) is 5.82 Å². The third kappa shape index (κ3) is 6.36. The van der Waals surface area contributed by atoms with Gasteiger partial charge in [0.05, 0.1) is 18.1 Å². The quantitative estimate of drug-likeness (QED) is 0.502. The minimum atomic E-state index is -0.386. The van der Waals surface area contributed by atoms with E-state index in [-0.39, 0.29) is 35.8 Å². The molecule has 0 saturated carbocycles. The van der Waals surface area contributed by atoms with E-state index in [1.54, 1.807) is 12.1 Å². The molecule has 7 heteroatoms. The van der Waals surface area contributed by atoms with Crippen LogP contribution in [-0.4, -0.2) is 59.9 Å². The van der Waals surface area contributed by atoms with Crippen LogP contribution < -0.4 is 10.6 Å². The van der Waals surface area contributed by atoms with Crippen LogP contribution in [0.3, 0.4) is 0 Å². The fourth-order valence-corrected chi connectivity index (χ4v) is 4.57. The summed E-state index contributed by atoms with van der Waals surface area (Å²) in [5.74, 6) is -0.588. The maximum absolute atomic E-state index is 13.4. The maximum Gasteiger partial charge on any atom is 0.241 e. The monoisotopic (exact) mass is 488 g/mol. The van der Waals surface area contributed by atoms with Gasteiger partial charge in [-0.2, -0.15) is 0 Å². The summed E-state index contributed by atoms with van der Waals surface area (Å²) in [5, 5.41) is 6.03. The minimum Gasteiger partial charge on any atom is -0.344 e. The number of piperazine rings is 1. The van der Waals surface area contributed by atoms with Crippen LogP contribution in [0.4, 0.5) is 10.1 Å². The molecule has 36 heavy (non-hydrogen) atoms. The largest absolute Gasteiger partial charge is 0.344 e. The number of nitrogens with one attached hydrogen (secondary N) is 2. The standard InChI is InChI=1S/C29H33FN4O2/c1-21(28(35)31-26-15-9-14-25(30)20-26)33-16-18-34(19-17-33)22(2)29(36)32-27(23-10-5-3-6-11-23)24-12-7-4-8-13-24/h3-15,20-22,27H,16-19H2,1-2H3,(H,31,35)(H,32,36). The van der Waals surface area contributed by atoms with Gasteiger partial charge in [-0.25, -0.2) is 4.39 Å². The zero-order valence-electron chi connectivity index (χ0n) is 20.7. The molecule has 6 nitrogen and oxygen atoms in total.